The van der Waals surface area contributed by atoms with Crippen molar-refractivity contribution in [2.75, 3.05) is 32.7 Å². The predicted molar refractivity (Wildman–Crippen MR) is 81.2 cm³/mol. The normalized spacial score (nSPS) is 16.9. The molecule has 1 aromatic rings. The monoisotopic (exact) mass is 385 g/mol. The van der Waals surface area contributed by atoms with E-state index in [2.05, 4.69) is 0 Å². The average Bonchev–Trinajstić information content (AvgIpc) is 2.52. The van der Waals surface area contributed by atoms with E-state index in [-0.39, 0.29) is 31.1 Å². The first-order chi connectivity index (χ1) is 11.1. The fourth-order valence-corrected chi connectivity index (χ4v) is 3.72. The Morgan fingerprint density at radius 2 is 1.67 bits per heavy atom. The van der Waals surface area contributed by atoms with Gasteiger partial charge in [-0.05, 0) is 24.3 Å². The summed E-state index contributed by atoms with van der Waals surface area (Å²) in [7, 11) is -3.73. The van der Waals surface area contributed by atoms with Crippen molar-refractivity contribution in [2.45, 2.75) is 11.1 Å². The van der Waals surface area contributed by atoms with Gasteiger partial charge >= 0.3 is 12.2 Å². The number of urea groups is 1. The fourth-order valence-electron chi connectivity index (χ4n) is 2.17. The number of alkyl halides is 3. The summed E-state index contributed by atoms with van der Waals surface area (Å²) in [5.41, 5.74) is 0. The molecule has 0 unspecified atom stereocenters. The van der Waals surface area contributed by atoms with Gasteiger partial charge in [0, 0.05) is 31.2 Å². The van der Waals surface area contributed by atoms with E-state index in [1.807, 2.05) is 0 Å². The molecule has 1 N–H and O–H groups in total. The number of piperazine rings is 1. The van der Waals surface area contributed by atoms with Crippen molar-refractivity contribution in [3.63, 3.8) is 0 Å². The third kappa shape index (κ3) is 4.74. The van der Waals surface area contributed by atoms with Crippen LogP contribution in [0, 0.1) is 0 Å². The molecule has 6 nitrogen and oxygen atoms in total. The number of nitrogens with zero attached hydrogens (tertiary/aromatic N) is 2. The topological polar surface area (TPSA) is 69.7 Å². The smallest absolute Gasteiger partial charge is 0.329 e. The van der Waals surface area contributed by atoms with Crippen LogP contribution < -0.4 is 5.32 Å². The van der Waals surface area contributed by atoms with Crippen molar-refractivity contribution in [1.29, 1.82) is 0 Å². The molecule has 2 amide bonds. The molecule has 1 fully saturated rings. The largest absolute Gasteiger partial charge is 0.405 e. The van der Waals surface area contributed by atoms with Gasteiger partial charge in [-0.1, -0.05) is 11.6 Å². The highest BCUT2D eigenvalue weighted by atomic mass is 35.5. The Bertz CT molecular complexity index is 687. The summed E-state index contributed by atoms with van der Waals surface area (Å²) < 4.78 is 62.3. The molecule has 0 aliphatic carbocycles. The lowest BCUT2D eigenvalue weighted by Gasteiger charge is -2.34. The first-order valence-electron chi connectivity index (χ1n) is 6.95. The molecule has 1 aliphatic heterocycles. The molecule has 2 rings (SSSR count). The van der Waals surface area contributed by atoms with Gasteiger partial charge in [0.2, 0.25) is 10.0 Å². The summed E-state index contributed by atoms with van der Waals surface area (Å²) in [6.07, 6.45) is -4.49. The van der Waals surface area contributed by atoms with Gasteiger partial charge in [0.25, 0.3) is 0 Å². The molecular formula is C13H15ClF3N3O3S. The number of hydrogen-bond acceptors (Lipinski definition) is 3. The third-order valence-corrected chi connectivity index (χ3v) is 5.58. The van der Waals surface area contributed by atoms with Crippen LogP contribution in [-0.2, 0) is 10.0 Å². The van der Waals surface area contributed by atoms with Crippen molar-refractivity contribution < 1.29 is 26.4 Å². The zero-order chi connectivity index (χ0) is 18.0. The van der Waals surface area contributed by atoms with Gasteiger partial charge in [0.15, 0.2) is 0 Å². The van der Waals surface area contributed by atoms with Gasteiger partial charge in [0.05, 0.1) is 4.90 Å². The highest BCUT2D eigenvalue weighted by molar-refractivity contribution is 7.89. The van der Waals surface area contributed by atoms with Gasteiger partial charge in [-0.3, -0.25) is 0 Å². The standard InChI is InChI=1S/C13H15ClF3N3O3S/c14-10-1-3-11(4-2-10)24(22,23)20-7-5-19(6-8-20)12(21)18-9-13(15,16)17/h1-4H,5-9H2,(H,18,21). The number of nitrogens with one attached hydrogen (secondary N) is 1. The van der Waals surface area contributed by atoms with E-state index >= 15 is 0 Å². The Kier molecular flexibility index (Phi) is 5.61. The Balaban J connectivity index is 1.94. The van der Waals surface area contributed by atoms with Crippen LogP contribution in [0.3, 0.4) is 0 Å². The van der Waals surface area contributed by atoms with E-state index in [0.717, 1.165) is 4.90 Å². The minimum Gasteiger partial charge on any atom is -0.329 e. The Labute approximate surface area is 142 Å². The molecule has 24 heavy (non-hydrogen) atoms. The number of benzene rings is 1. The summed E-state index contributed by atoms with van der Waals surface area (Å²) >= 11 is 5.72. The second kappa shape index (κ2) is 7.16. The van der Waals surface area contributed by atoms with Gasteiger partial charge in [-0.15, -0.1) is 0 Å². The summed E-state index contributed by atoms with van der Waals surface area (Å²) in [5, 5.41) is 2.17. The molecule has 0 atom stereocenters. The Hall–Kier alpha value is -1.52. The molecule has 0 aromatic heterocycles. The molecule has 134 valence electrons. The van der Waals surface area contributed by atoms with Crippen LogP contribution in [0.1, 0.15) is 0 Å². The summed E-state index contributed by atoms with van der Waals surface area (Å²) in [6.45, 7) is -1.39. The minimum atomic E-state index is -4.49. The zero-order valence-corrected chi connectivity index (χ0v) is 14.0. The summed E-state index contributed by atoms with van der Waals surface area (Å²) in [5.74, 6) is 0. The maximum absolute atomic E-state index is 12.4. The fraction of sp³-hybridized carbons (Fsp3) is 0.462. The quantitative estimate of drug-likeness (QED) is 0.864. The lowest BCUT2D eigenvalue weighted by molar-refractivity contribution is -0.123. The molecule has 0 saturated carbocycles. The number of hydrogen-bond donors (Lipinski definition) is 1. The second-order valence-electron chi connectivity index (χ2n) is 5.12. The van der Waals surface area contributed by atoms with Crippen molar-refractivity contribution in [3.05, 3.63) is 29.3 Å². The van der Waals surface area contributed by atoms with Crippen molar-refractivity contribution >= 4 is 27.7 Å². The first kappa shape index (κ1) is 18.8. The van der Waals surface area contributed by atoms with Gasteiger partial charge in [-0.2, -0.15) is 17.5 Å². The van der Waals surface area contributed by atoms with Crippen LogP contribution in [-0.4, -0.2) is 62.6 Å². The third-order valence-electron chi connectivity index (χ3n) is 3.42. The number of rotatable bonds is 3. The molecule has 0 radical (unpaired) electrons. The van der Waals surface area contributed by atoms with Crippen LogP contribution in [0.5, 0.6) is 0 Å². The predicted octanol–water partition coefficient (Wildman–Crippen LogP) is 1.92. The molecule has 1 aliphatic rings. The number of halogens is 4. The summed E-state index contributed by atoms with van der Waals surface area (Å²) in [4.78, 5) is 12.9. The highest BCUT2D eigenvalue weighted by Gasteiger charge is 2.32. The maximum Gasteiger partial charge on any atom is 0.405 e. The molecule has 1 saturated heterocycles. The number of sulfonamides is 1. The Morgan fingerprint density at radius 1 is 1.12 bits per heavy atom. The molecule has 0 spiro atoms. The van der Waals surface area contributed by atoms with Crippen molar-refractivity contribution in [2.24, 2.45) is 0 Å². The first-order valence-corrected chi connectivity index (χ1v) is 8.77. The molecule has 0 bridgehead atoms. The molecule has 1 aromatic carbocycles. The summed E-state index contributed by atoms with van der Waals surface area (Å²) in [6, 6.07) is 4.79. The van der Waals surface area contributed by atoms with E-state index < -0.39 is 28.8 Å². The van der Waals surface area contributed by atoms with E-state index in [9.17, 15) is 26.4 Å². The van der Waals surface area contributed by atoms with Crippen molar-refractivity contribution in [1.82, 2.24) is 14.5 Å². The van der Waals surface area contributed by atoms with E-state index in [1.165, 1.54) is 28.6 Å². The Morgan fingerprint density at radius 3 is 2.17 bits per heavy atom. The maximum atomic E-state index is 12.4. The lowest BCUT2D eigenvalue weighted by Crippen LogP contribution is -2.53. The van der Waals surface area contributed by atoms with E-state index in [4.69, 9.17) is 11.6 Å². The lowest BCUT2D eigenvalue weighted by atomic mass is 10.4. The van der Waals surface area contributed by atoms with Crippen LogP contribution in [0.15, 0.2) is 29.2 Å². The minimum absolute atomic E-state index is 0.00436. The molecule has 11 heteroatoms. The molecule has 1 heterocycles. The van der Waals surface area contributed by atoms with E-state index in [1.54, 1.807) is 5.32 Å². The van der Waals surface area contributed by atoms with Gasteiger partial charge in [0.1, 0.15) is 6.54 Å². The molecular weight excluding hydrogens is 371 g/mol. The van der Waals surface area contributed by atoms with Gasteiger partial charge in [-0.25, -0.2) is 13.2 Å². The highest BCUT2D eigenvalue weighted by Crippen LogP contribution is 2.20. The van der Waals surface area contributed by atoms with Crippen LogP contribution in [0.2, 0.25) is 5.02 Å². The number of amides is 2. The average molecular weight is 386 g/mol. The second-order valence-corrected chi connectivity index (χ2v) is 7.49. The van der Waals surface area contributed by atoms with Gasteiger partial charge < -0.3 is 10.2 Å². The SMILES string of the molecule is O=C(NCC(F)(F)F)N1CCN(S(=O)(=O)c2ccc(Cl)cc2)CC1. The number of carbonyl (C=O) groups excluding carboxylic acids is 1. The van der Waals surface area contributed by atoms with Crippen LogP contribution >= 0.6 is 11.6 Å². The van der Waals surface area contributed by atoms with Crippen molar-refractivity contribution in [3.8, 4) is 0 Å². The van der Waals surface area contributed by atoms with Crippen LogP contribution in [0.25, 0.3) is 0 Å². The van der Waals surface area contributed by atoms with E-state index in [0.29, 0.717) is 5.02 Å². The zero-order valence-electron chi connectivity index (χ0n) is 12.4. The number of carbonyl (C=O) groups is 1. The van der Waals surface area contributed by atoms with Crippen LogP contribution in [0.4, 0.5) is 18.0 Å².